The normalized spacial score (nSPS) is 9.78. The van der Waals surface area contributed by atoms with Crippen LogP contribution < -0.4 is 4.74 Å². The number of carbonyl (C=O) groups is 2. The molecule has 0 saturated carbocycles. The highest BCUT2D eigenvalue weighted by Crippen LogP contribution is 2.18. The number of hydrogen-bond acceptors (Lipinski definition) is 6. The summed E-state index contributed by atoms with van der Waals surface area (Å²) >= 11 is 0. The molecule has 1 aromatic carbocycles. The Morgan fingerprint density at radius 2 is 2.11 bits per heavy atom. The van der Waals surface area contributed by atoms with Crippen LogP contribution in [0.1, 0.15) is 16.1 Å². The lowest BCUT2D eigenvalue weighted by Gasteiger charge is -2.02. The van der Waals surface area contributed by atoms with Crippen molar-refractivity contribution in [1.82, 2.24) is 5.16 Å². The van der Waals surface area contributed by atoms with Crippen LogP contribution in [0.5, 0.6) is 5.75 Å². The zero-order valence-electron chi connectivity index (χ0n) is 9.24. The Morgan fingerprint density at radius 3 is 2.83 bits per heavy atom. The molecule has 0 amide bonds. The molecule has 0 aliphatic carbocycles. The molecule has 6 heteroatoms. The van der Waals surface area contributed by atoms with Gasteiger partial charge in [-0.25, -0.2) is 4.79 Å². The number of nitrogens with zero attached hydrogens (tertiary/aromatic N) is 1. The zero-order valence-corrected chi connectivity index (χ0v) is 9.24. The van der Waals surface area contributed by atoms with Crippen molar-refractivity contribution in [2.24, 2.45) is 0 Å². The molecule has 1 heterocycles. The third-order valence-corrected chi connectivity index (χ3v) is 2.11. The SMILES string of the molecule is O=COCc1nocc1OC(=O)c1ccccc1. The first-order valence-corrected chi connectivity index (χ1v) is 5.07. The zero-order chi connectivity index (χ0) is 12.8. The van der Waals surface area contributed by atoms with Gasteiger partial charge >= 0.3 is 5.97 Å². The second-order valence-corrected chi connectivity index (χ2v) is 3.29. The molecular formula is C12H9NO5. The van der Waals surface area contributed by atoms with E-state index in [2.05, 4.69) is 14.4 Å². The van der Waals surface area contributed by atoms with Crippen molar-refractivity contribution >= 4 is 12.4 Å². The molecule has 2 rings (SSSR count). The van der Waals surface area contributed by atoms with Gasteiger partial charge < -0.3 is 14.0 Å². The Balaban J connectivity index is 2.07. The molecule has 18 heavy (non-hydrogen) atoms. The fraction of sp³-hybridized carbons (Fsp3) is 0.0833. The number of carbonyl (C=O) groups excluding carboxylic acids is 2. The van der Waals surface area contributed by atoms with Crippen molar-refractivity contribution in [3.63, 3.8) is 0 Å². The molecule has 0 N–H and O–H groups in total. The van der Waals surface area contributed by atoms with Crippen LogP contribution in [0.25, 0.3) is 0 Å². The van der Waals surface area contributed by atoms with Crippen molar-refractivity contribution in [2.45, 2.75) is 6.61 Å². The highest BCUT2D eigenvalue weighted by atomic mass is 16.6. The molecule has 0 radical (unpaired) electrons. The summed E-state index contributed by atoms with van der Waals surface area (Å²) in [6, 6.07) is 8.48. The first kappa shape index (κ1) is 11.8. The molecule has 92 valence electrons. The number of ether oxygens (including phenoxy) is 2. The Kier molecular flexibility index (Phi) is 3.70. The molecule has 0 aliphatic heterocycles. The van der Waals surface area contributed by atoms with E-state index in [4.69, 9.17) is 4.74 Å². The highest BCUT2D eigenvalue weighted by Gasteiger charge is 2.15. The number of rotatable bonds is 5. The molecule has 0 bridgehead atoms. The van der Waals surface area contributed by atoms with Crippen LogP contribution in [0.3, 0.4) is 0 Å². The van der Waals surface area contributed by atoms with E-state index in [1.165, 1.54) is 6.26 Å². The molecule has 0 spiro atoms. The predicted molar refractivity (Wildman–Crippen MR) is 58.8 cm³/mol. The molecule has 6 nitrogen and oxygen atoms in total. The summed E-state index contributed by atoms with van der Waals surface area (Å²) < 4.78 is 14.2. The van der Waals surface area contributed by atoms with Gasteiger partial charge in [0.15, 0.2) is 17.7 Å². The van der Waals surface area contributed by atoms with Crippen molar-refractivity contribution in [3.05, 3.63) is 47.9 Å². The summed E-state index contributed by atoms with van der Waals surface area (Å²) in [6.45, 7) is 0.162. The lowest BCUT2D eigenvalue weighted by atomic mass is 10.2. The standard InChI is InChI=1S/C12H9NO5/c14-8-16-6-10-11(7-17-13-10)18-12(15)9-4-2-1-3-5-9/h1-5,7-8H,6H2. The van der Waals surface area contributed by atoms with Crippen LogP contribution in [0, 0.1) is 0 Å². The Bertz CT molecular complexity index is 534. The quantitative estimate of drug-likeness (QED) is 0.589. The highest BCUT2D eigenvalue weighted by molar-refractivity contribution is 5.91. The number of hydrogen-bond donors (Lipinski definition) is 0. The average molecular weight is 247 g/mol. The first-order valence-electron chi connectivity index (χ1n) is 5.07. The van der Waals surface area contributed by atoms with Crippen molar-refractivity contribution < 1.29 is 23.6 Å². The van der Waals surface area contributed by atoms with Crippen LogP contribution in [0.2, 0.25) is 0 Å². The van der Waals surface area contributed by atoms with Gasteiger partial charge in [-0.2, -0.15) is 0 Å². The maximum atomic E-state index is 11.7. The predicted octanol–water partition coefficient (Wildman–Crippen LogP) is 1.57. The van der Waals surface area contributed by atoms with E-state index in [0.29, 0.717) is 5.56 Å². The van der Waals surface area contributed by atoms with E-state index in [0.717, 1.165) is 0 Å². The minimum atomic E-state index is -0.536. The van der Waals surface area contributed by atoms with E-state index in [-0.39, 0.29) is 24.5 Å². The first-order chi connectivity index (χ1) is 8.81. The summed E-state index contributed by atoms with van der Waals surface area (Å²) in [5.41, 5.74) is 0.646. The Labute approximate surface area is 102 Å². The van der Waals surface area contributed by atoms with Crippen LogP contribution in [-0.4, -0.2) is 17.6 Å². The summed E-state index contributed by atoms with van der Waals surface area (Å²) in [6.07, 6.45) is 1.17. The molecular weight excluding hydrogens is 238 g/mol. The van der Waals surface area contributed by atoms with Gasteiger partial charge in [-0.05, 0) is 12.1 Å². The monoisotopic (exact) mass is 247 g/mol. The van der Waals surface area contributed by atoms with Crippen molar-refractivity contribution in [2.75, 3.05) is 0 Å². The maximum Gasteiger partial charge on any atom is 0.343 e. The fourth-order valence-corrected chi connectivity index (χ4v) is 1.28. The van der Waals surface area contributed by atoms with Crippen LogP contribution in [-0.2, 0) is 16.1 Å². The Morgan fingerprint density at radius 1 is 1.33 bits per heavy atom. The van der Waals surface area contributed by atoms with Gasteiger partial charge in [0.25, 0.3) is 6.47 Å². The van der Waals surface area contributed by atoms with Crippen LogP contribution >= 0.6 is 0 Å². The van der Waals surface area contributed by atoms with E-state index in [9.17, 15) is 9.59 Å². The molecule has 1 aromatic heterocycles. The lowest BCUT2D eigenvalue weighted by Crippen LogP contribution is -2.09. The molecule has 0 saturated heterocycles. The maximum absolute atomic E-state index is 11.7. The second kappa shape index (κ2) is 5.62. The summed E-state index contributed by atoms with van der Waals surface area (Å²) in [5, 5.41) is 3.56. The largest absolute Gasteiger partial charge is 0.461 e. The number of aromatic nitrogens is 1. The van der Waals surface area contributed by atoms with Gasteiger partial charge in [0.1, 0.15) is 6.61 Å². The average Bonchev–Trinajstić information content (AvgIpc) is 2.84. The number of benzene rings is 1. The van der Waals surface area contributed by atoms with Gasteiger partial charge in [-0.3, -0.25) is 4.79 Å². The minimum Gasteiger partial charge on any atom is -0.461 e. The summed E-state index contributed by atoms with van der Waals surface area (Å²) in [7, 11) is 0. The summed E-state index contributed by atoms with van der Waals surface area (Å²) in [5.74, 6) is -0.406. The van der Waals surface area contributed by atoms with Crippen molar-refractivity contribution in [1.29, 1.82) is 0 Å². The molecule has 0 atom stereocenters. The third kappa shape index (κ3) is 2.73. The smallest absolute Gasteiger partial charge is 0.343 e. The molecule has 2 aromatic rings. The fourth-order valence-electron chi connectivity index (χ4n) is 1.28. The Hall–Kier alpha value is -2.63. The van der Waals surface area contributed by atoms with E-state index < -0.39 is 5.97 Å². The van der Waals surface area contributed by atoms with Crippen LogP contribution in [0.15, 0.2) is 41.1 Å². The van der Waals surface area contributed by atoms with E-state index >= 15 is 0 Å². The third-order valence-electron chi connectivity index (χ3n) is 2.11. The van der Waals surface area contributed by atoms with E-state index in [1.807, 2.05) is 0 Å². The lowest BCUT2D eigenvalue weighted by molar-refractivity contribution is -0.129. The van der Waals surface area contributed by atoms with Crippen LogP contribution in [0.4, 0.5) is 0 Å². The van der Waals surface area contributed by atoms with Gasteiger partial charge in [-0.15, -0.1) is 0 Å². The topological polar surface area (TPSA) is 78.6 Å². The van der Waals surface area contributed by atoms with Gasteiger partial charge in [0.2, 0.25) is 0 Å². The molecule has 0 fully saturated rings. The van der Waals surface area contributed by atoms with Gasteiger partial charge in [-0.1, -0.05) is 23.4 Å². The van der Waals surface area contributed by atoms with Crippen molar-refractivity contribution in [3.8, 4) is 5.75 Å². The summed E-state index contributed by atoms with van der Waals surface area (Å²) in [4.78, 5) is 21.8. The number of esters is 1. The minimum absolute atomic E-state index is 0.114. The van der Waals surface area contributed by atoms with Gasteiger partial charge in [0.05, 0.1) is 5.56 Å². The second-order valence-electron chi connectivity index (χ2n) is 3.29. The van der Waals surface area contributed by atoms with E-state index in [1.54, 1.807) is 30.3 Å². The van der Waals surface area contributed by atoms with Gasteiger partial charge in [0, 0.05) is 0 Å². The molecule has 0 unspecified atom stereocenters. The molecule has 0 aliphatic rings.